The van der Waals surface area contributed by atoms with Crippen LogP contribution in [0, 0.1) is 25.5 Å². The summed E-state index contributed by atoms with van der Waals surface area (Å²) in [6.45, 7) is 5.14. The fourth-order valence-electron chi connectivity index (χ4n) is 5.75. The molecule has 0 aromatic heterocycles. The lowest BCUT2D eigenvalue weighted by Crippen LogP contribution is -2.38. The number of hydrogen-bond acceptors (Lipinski definition) is 6. The molecule has 1 fully saturated rings. The van der Waals surface area contributed by atoms with Crippen molar-refractivity contribution in [2.24, 2.45) is 4.99 Å². The molecule has 2 amide bonds. The predicted molar refractivity (Wildman–Crippen MR) is 186 cm³/mol. The monoisotopic (exact) mass is 685 g/mol. The molecule has 0 spiro atoms. The van der Waals surface area contributed by atoms with Crippen molar-refractivity contribution in [2.45, 2.75) is 64.9 Å². The Morgan fingerprint density at radius 2 is 1.62 bits per heavy atom. The summed E-state index contributed by atoms with van der Waals surface area (Å²) >= 11 is 0. The van der Waals surface area contributed by atoms with E-state index in [1.807, 2.05) is 37.3 Å². The Bertz CT molecular complexity index is 1800. The number of carboxylic acids is 1. The molecule has 2 atom stereocenters. The first kappa shape index (κ1) is 37.6. The van der Waals surface area contributed by atoms with Gasteiger partial charge in [-0.05, 0) is 86.6 Å². The number of aromatic carboxylic acids is 1. The molecule has 4 aromatic carbocycles. The van der Waals surface area contributed by atoms with Crippen LogP contribution in [-0.4, -0.2) is 53.4 Å². The standard InChI is InChI=1S/C32H37FN2O5.C7H4FNO/c1-22-7-3-9-24(17-22)20-35(32(38)34-27-12-5-11-26(33)18-27)15-16-39-28-13-6-14-29(19-28)40-21-25-10-4-8-23(2)30(25)31(36)37;8-6-2-1-3-7(4-6)9-5-10/h3-5,7-12,17-18,28-29H,6,13-16,19-21H2,1-2H3,(H,34,38)(H,36,37);1-4H. The highest BCUT2D eigenvalue weighted by Gasteiger charge is 2.25. The third kappa shape index (κ3) is 12.0. The molecule has 11 heteroatoms. The van der Waals surface area contributed by atoms with E-state index in [1.165, 1.54) is 36.4 Å². The van der Waals surface area contributed by atoms with Gasteiger partial charge in [-0.15, -0.1) is 0 Å². The highest BCUT2D eigenvalue weighted by Crippen LogP contribution is 2.26. The number of carbonyl (C=O) groups excluding carboxylic acids is 2. The molecule has 50 heavy (non-hydrogen) atoms. The van der Waals surface area contributed by atoms with Crippen molar-refractivity contribution in [3.8, 4) is 0 Å². The molecule has 262 valence electrons. The van der Waals surface area contributed by atoms with Gasteiger partial charge < -0.3 is 24.8 Å². The van der Waals surface area contributed by atoms with Crippen LogP contribution in [0.15, 0.2) is 96.0 Å². The summed E-state index contributed by atoms with van der Waals surface area (Å²) in [4.78, 5) is 39.4. The van der Waals surface area contributed by atoms with Crippen LogP contribution < -0.4 is 5.32 Å². The number of carboxylic acid groups (broad SMARTS) is 1. The minimum atomic E-state index is -0.946. The van der Waals surface area contributed by atoms with Crippen molar-refractivity contribution in [1.29, 1.82) is 0 Å². The summed E-state index contributed by atoms with van der Waals surface area (Å²) in [6, 6.07) is 24.4. The largest absolute Gasteiger partial charge is 0.478 e. The van der Waals surface area contributed by atoms with Crippen molar-refractivity contribution in [1.82, 2.24) is 4.90 Å². The van der Waals surface area contributed by atoms with E-state index in [2.05, 4.69) is 10.3 Å². The second kappa shape index (κ2) is 19.1. The van der Waals surface area contributed by atoms with Gasteiger partial charge in [0, 0.05) is 24.8 Å². The lowest BCUT2D eigenvalue weighted by atomic mass is 9.94. The summed E-state index contributed by atoms with van der Waals surface area (Å²) in [5.41, 5.74) is 4.48. The van der Waals surface area contributed by atoms with Crippen molar-refractivity contribution < 1.29 is 37.7 Å². The number of aliphatic imine (C=N–C) groups is 1. The van der Waals surface area contributed by atoms with Gasteiger partial charge in [-0.2, -0.15) is 4.99 Å². The summed E-state index contributed by atoms with van der Waals surface area (Å²) in [6.07, 6.45) is 4.73. The number of nitrogens with zero attached hydrogens (tertiary/aromatic N) is 2. The van der Waals surface area contributed by atoms with E-state index in [1.54, 1.807) is 36.1 Å². The Hall–Kier alpha value is -5.22. The zero-order valence-corrected chi connectivity index (χ0v) is 28.1. The fourth-order valence-corrected chi connectivity index (χ4v) is 5.75. The van der Waals surface area contributed by atoms with Crippen LogP contribution in [0.4, 0.5) is 25.0 Å². The topological polar surface area (TPSA) is 118 Å². The van der Waals surface area contributed by atoms with Crippen LogP contribution in [0.3, 0.4) is 0 Å². The highest BCUT2D eigenvalue weighted by atomic mass is 19.1. The average Bonchev–Trinajstić information content (AvgIpc) is 3.07. The number of halogens is 2. The Morgan fingerprint density at radius 3 is 2.32 bits per heavy atom. The van der Waals surface area contributed by atoms with Gasteiger partial charge in [0.2, 0.25) is 6.08 Å². The Labute approximate surface area is 290 Å². The number of anilines is 1. The van der Waals surface area contributed by atoms with Crippen molar-refractivity contribution in [3.05, 3.63) is 130 Å². The van der Waals surface area contributed by atoms with E-state index in [9.17, 15) is 28.3 Å². The maximum Gasteiger partial charge on any atom is 0.336 e. The smallest absolute Gasteiger partial charge is 0.336 e. The van der Waals surface area contributed by atoms with Crippen molar-refractivity contribution in [2.75, 3.05) is 18.5 Å². The minimum Gasteiger partial charge on any atom is -0.478 e. The number of hydrogen-bond donors (Lipinski definition) is 2. The van der Waals surface area contributed by atoms with Gasteiger partial charge in [-0.3, -0.25) is 0 Å². The maximum absolute atomic E-state index is 13.7. The van der Waals surface area contributed by atoms with E-state index in [0.717, 1.165) is 42.0 Å². The molecule has 0 radical (unpaired) electrons. The molecular weight excluding hydrogens is 644 g/mol. The number of ether oxygens (including phenoxy) is 2. The summed E-state index contributed by atoms with van der Waals surface area (Å²) in [5, 5.41) is 12.4. The van der Waals surface area contributed by atoms with Gasteiger partial charge in [0.25, 0.3) is 0 Å². The molecule has 1 aliphatic rings. The number of amides is 2. The fraction of sp³-hybridized carbons (Fsp3) is 0.308. The minimum absolute atomic E-state index is 0.0118. The lowest BCUT2D eigenvalue weighted by molar-refractivity contribution is -0.0524. The maximum atomic E-state index is 13.7. The van der Waals surface area contributed by atoms with E-state index < -0.39 is 17.6 Å². The van der Waals surface area contributed by atoms with E-state index in [4.69, 9.17) is 9.47 Å². The average molecular weight is 686 g/mol. The molecule has 0 saturated heterocycles. The predicted octanol–water partition coefficient (Wildman–Crippen LogP) is 8.51. The Kier molecular flexibility index (Phi) is 14.4. The second-order valence-electron chi connectivity index (χ2n) is 12.0. The molecule has 0 aliphatic heterocycles. The molecule has 1 saturated carbocycles. The van der Waals surface area contributed by atoms with Crippen LogP contribution >= 0.6 is 0 Å². The van der Waals surface area contributed by atoms with Crippen LogP contribution in [-0.2, 0) is 27.4 Å². The van der Waals surface area contributed by atoms with Gasteiger partial charge in [-0.25, -0.2) is 23.2 Å². The third-order valence-electron chi connectivity index (χ3n) is 8.14. The quantitative estimate of drug-likeness (QED) is 0.114. The van der Waals surface area contributed by atoms with Gasteiger partial charge >= 0.3 is 12.0 Å². The molecule has 4 aromatic rings. The molecule has 0 bridgehead atoms. The molecule has 1 aliphatic carbocycles. The number of aryl methyl sites for hydroxylation is 2. The zero-order valence-electron chi connectivity index (χ0n) is 28.1. The molecular formula is C39H41F2N3O6. The highest BCUT2D eigenvalue weighted by molar-refractivity contribution is 5.91. The number of rotatable bonds is 12. The number of nitrogens with one attached hydrogen (secondary N) is 1. The van der Waals surface area contributed by atoms with Crippen molar-refractivity contribution in [3.63, 3.8) is 0 Å². The van der Waals surface area contributed by atoms with Crippen LogP contribution in [0.25, 0.3) is 0 Å². The summed E-state index contributed by atoms with van der Waals surface area (Å²) in [5.74, 6) is -1.77. The SMILES string of the molecule is Cc1cccc(CN(CCOC2CCCC(OCc3cccc(C)c3C(=O)O)C2)C(=O)Nc2cccc(F)c2)c1.O=C=Nc1cccc(F)c1. The summed E-state index contributed by atoms with van der Waals surface area (Å²) < 4.78 is 38.3. The normalized spacial score (nSPS) is 15.2. The first-order valence-electron chi connectivity index (χ1n) is 16.4. The zero-order chi connectivity index (χ0) is 35.9. The van der Waals surface area contributed by atoms with Gasteiger partial charge in [0.15, 0.2) is 0 Å². The van der Waals surface area contributed by atoms with Crippen LogP contribution in [0.1, 0.15) is 58.3 Å². The lowest BCUT2D eigenvalue weighted by Gasteiger charge is -2.30. The van der Waals surface area contributed by atoms with Crippen LogP contribution in [0.5, 0.6) is 0 Å². The third-order valence-corrected chi connectivity index (χ3v) is 8.14. The first-order valence-corrected chi connectivity index (χ1v) is 16.4. The van der Waals surface area contributed by atoms with Crippen molar-refractivity contribution >= 4 is 29.5 Å². The van der Waals surface area contributed by atoms with E-state index >= 15 is 0 Å². The van der Waals surface area contributed by atoms with E-state index in [0.29, 0.717) is 42.9 Å². The Morgan fingerprint density at radius 1 is 0.920 bits per heavy atom. The molecule has 0 heterocycles. The first-order chi connectivity index (χ1) is 24.1. The molecule has 9 nitrogen and oxygen atoms in total. The summed E-state index contributed by atoms with van der Waals surface area (Å²) in [7, 11) is 0. The second-order valence-corrected chi connectivity index (χ2v) is 12.0. The van der Waals surface area contributed by atoms with Gasteiger partial charge in [0.05, 0.1) is 36.7 Å². The van der Waals surface area contributed by atoms with Gasteiger partial charge in [0.1, 0.15) is 11.6 Å². The number of urea groups is 1. The van der Waals surface area contributed by atoms with Gasteiger partial charge in [-0.1, -0.05) is 60.2 Å². The van der Waals surface area contributed by atoms with Crippen LogP contribution in [0.2, 0.25) is 0 Å². The number of benzene rings is 4. The number of isocyanates is 1. The Balaban J connectivity index is 0.000000482. The molecule has 2 unspecified atom stereocenters. The molecule has 5 rings (SSSR count). The number of carbonyl (C=O) groups is 2. The molecule has 2 N–H and O–H groups in total. The van der Waals surface area contributed by atoms with E-state index in [-0.39, 0.29) is 30.5 Å².